The van der Waals surface area contributed by atoms with Gasteiger partial charge in [0.15, 0.2) is 0 Å². The molecule has 0 aliphatic rings. The van der Waals surface area contributed by atoms with Crippen molar-refractivity contribution in [2.75, 3.05) is 10.0 Å². The van der Waals surface area contributed by atoms with Gasteiger partial charge in [0.25, 0.3) is 15.9 Å². The van der Waals surface area contributed by atoms with Crippen molar-refractivity contribution in [2.24, 2.45) is 5.73 Å². The number of hydrogen-bond donors (Lipinski definition) is 4. The molecule has 0 aliphatic heterocycles. The highest BCUT2D eigenvalue weighted by molar-refractivity contribution is 7.92. The van der Waals surface area contributed by atoms with E-state index in [0.29, 0.717) is 11.1 Å². The van der Waals surface area contributed by atoms with Crippen molar-refractivity contribution in [3.63, 3.8) is 0 Å². The fraction of sp³-hybridized carbons (Fsp3) is 0. The van der Waals surface area contributed by atoms with Crippen molar-refractivity contribution in [1.29, 1.82) is 0 Å². The van der Waals surface area contributed by atoms with Gasteiger partial charge in [0.2, 0.25) is 5.91 Å². The number of halogens is 1. The maximum absolute atomic E-state index is 13.1. The Bertz CT molecular complexity index is 1550. The molecule has 8 nitrogen and oxygen atoms in total. The molecule has 182 valence electrons. The first kappa shape index (κ1) is 24.4. The highest BCUT2D eigenvalue weighted by atomic mass is 32.2. The van der Waals surface area contributed by atoms with Crippen LogP contribution in [-0.2, 0) is 10.0 Å². The largest absolute Gasteiger partial charge is 0.506 e. The van der Waals surface area contributed by atoms with Gasteiger partial charge in [0.05, 0.1) is 10.6 Å². The number of aromatic hydroxyl groups is 1. The van der Waals surface area contributed by atoms with Crippen LogP contribution >= 0.6 is 0 Å². The van der Waals surface area contributed by atoms with Crippen molar-refractivity contribution in [2.45, 2.75) is 4.90 Å². The Labute approximate surface area is 206 Å². The number of carbonyl (C=O) groups excluding carboxylic acids is 2. The molecule has 0 saturated carbocycles. The Morgan fingerprint density at radius 1 is 0.806 bits per heavy atom. The van der Waals surface area contributed by atoms with E-state index in [1.165, 1.54) is 18.2 Å². The van der Waals surface area contributed by atoms with Crippen LogP contribution in [0.15, 0.2) is 95.9 Å². The lowest BCUT2D eigenvalue weighted by atomic mass is 10.0. The molecule has 36 heavy (non-hydrogen) atoms. The van der Waals surface area contributed by atoms with Gasteiger partial charge in [-0.25, -0.2) is 12.8 Å². The molecule has 0 heterocycles. The van der Waals surface area contributed by atoms with E-state index >= 15 is 0 Å². The number of nitrogens with two attached hydrogens (primary N) is 1. The predicted octanol–water partition coefficient (Wildman–Crippen LogP) is 4.35. The van der Waals surface area contributed by atoms with Gasteiger partial charge in [-0.3, -0.25) is 14.3 Å². The van der Waals surface area contributed by atoms with Crippen molar-refractivity contribution in [1.82, 2.24) is 0 Å². The molecule has 0 unspecified atom stereocenters. The molecule has 0 aromatic heterocycles. The fourth-order valence-electron chi connectivity index (χ4n) is 3.38. The van der Waals surface area contributed by atoms with E-state index in [0.717, 1.165) is 35.4 Å². The summed E-state index contributed by atoms with van der Waals surface area (Å²) in [5.74, 6) is -1.96. The van der Waals surface area contributed by atoms with Crippen LogP contribution in [0, 0.1) is 5.82 Å². The van der Waals surface area contributed by atoms with Crippen LogP contribution in [0.25, 0.3) is 11.1 Å². The summed E-state index contributed by atoms with van der Waals surface area (Å²) < 4.78 is 40.5. The number of phenols is 1. The Morgan fingerprint density at radius 3 is 2.17 bits per heavy atom. The SMILES string of the molecule is NC(=O)c1cccc(-c2ccc(C(=O)Nc3ccc(O)c(NS(=O)(=O)c4ccc(F)cc4)c3)cc2)c1. The van der Waals surface area contributed by atoms with E-state index in [9.17, 15) is 27.5 Å². The number of hydrogen-bond acceptors (Lipinski definition) is 5. The first-order chi connectivity index (χ1) is 17.1. The van der Waals surface area contributed by atoms with Crippen molar-refractivity contribution in [3.05, 3.63) is 108 Å². The van der Waals surface area contributed by atoms with Crippen LogP contribution in [0.4, 0.5) is 15.8 Å². The number of benzene rings is 4. The number of nitrogens with one attached hydrogen (secondary N) is 2. The molecule has 5 N–H and O–H groups in total. The Morgan fingerprint density at radius 2 is 1.50 bits per heavy atom. The van der Waals surface area contributed by atoms with Crippen molar-refractivity contribution in [3.8, 4) is 16.9 Å². The monoisotopic (exact) mass is 505 g/mol. The number of carbonyl (C=O) groups is 2. The lowest BCUT2D eigenvalue weighted by Gasteiger charge is -2.12. The van der Waals surface area contributed by atoms with Gasteiger partial charge >= 0.3 is 0 Å². The van der Waals surface area contributed by atoms with Crippen LogP contribution < -0.4 is 15.8 Å². The van der Waals surface area contributed by atoms with Gasteiger partial charge in [-0.15, -0.1) is 0 Å². The third kappa shape index (κ3) is 5.50. The number of sulfonamides is 1. The second-order valence-corrected chi connectivity index (χ2v) is 9.45. The first-order valence-electron chi connectivity index (χ1n) is 10.6. The maximum Gasteiger partial charge on any atom is 0.262 e. The molecule has 0 saturated heterocycles. The number of anilines is 2. The molecule has 10 heteroatoms. The van der Waals surface area contributed by atoms with Gasteiger partial charge in [-0.2, -0.15) is 0 Å². The molecule has 0 spiro atoms. The van der Waals surface area contributed by atoms with E-state index < -0.39 is 27.7 Å². The second-order valence-electron chi connectivity index (χ2n) is 7.77. The summed E-state index contributed by atoms with van der Waals surface area (Å²) in [4.78, 5) is 23.9. The summed E-state index contributed by atoms with van der Waals surface area (Å²) in [5.41, 5.74) is 7.62. The summed E-state index contributed by atoms with van der Waals surface area (Å²) in [7, 11) is -4.11. The molecular formula is C26H20FN3O5S. The van der Waals surface area contributed by atoms with Gasteiger partial charge in [0.1, 0.15) is 11.6 Å². The van der Waals surface area contributed by atoms with Crippen molar-refractivity contribution >= 4 is 33.2 Å². The molecular weight excluding hydrogens is 485 g/mol. The molecule has 4 aromatic carbocycles. The smallest absolute Gasteiger partial charge is 0.262 e. The summed E-state index contributed by atoms with van der Waals surface area (Å²) in [6, 6.07) is 21.5. The average Bonchev–Trinajstić information content (AvgIpc) is 2.86. The van der Waals surface area contributed by atoms with Crippen LogP contribution in [-0.4, -0.2) is 25.3 Å². The minimum atomic E-state index is -4.11. The number of rotatable bonds is 7. The predicted molar refractivity (Wildman–Crippen MR) is 134 cm³/mol. The number of primary amides is 1. The summed E-state index contributed by atoms with van der Waals surface area (Å²) in [6.07, 6.45) is 0. The van der Waals surface area contributed by atoms with E-state index in [2.05, 4.69) is 10.0 Å². The van der Waals surface area contributed by atoms with Crippen LogP contribution in [0.1, 0.15) is 20.7 Å². The van der Waals surface area contributed by atoms with Gasteiger partial charge in [-0.1, -0.05) is 24.3 Å². The fourth-order valence-corrected chi connectivity index (χ4v) is 4.45. The van der Waals surface area contributed by atoms with Gasteiger partial charge in [-0.05, 0) is 77.9 Å². The van der Waals surface area contributed by atoms with Crippen LogP contribution in [0.3, 0.4) is 0 Å². The van der Waals surface area contributed by atoms with E-state index in [1.807, 2.05) is 6.07 Å². The standard InChI is InChI=1S/C26H20FN3O5S/c27-20-8-11-22(12-9-20)36(34,35)30-23-15-21(10-13-24(23)31)29-26(33)17-6-4-16(5-7-17)18-2-1-3-19(14-18)25(28)32/h1-15,30-31H,(H2,28,32)(H,29,33). The highest BCUT2D eigenvalue weighted by Gasteiger charge is 2.17. The zero-order valence-corrected chi connectivity index (χ0v) is 19.4. The maximum atomic E-state index is 13.1. The molecule has 2 amide bonds. The summed E-state index contributed by atoms with van der Waals surface area (Å²) in [5, 5.41) is 12.8. The van der Waals surface area contributed by atoms with Crippen molar-refractivity contribution < 1.29 is 27.5 Å². The third-order valence-corrected chi connectivity index (χ3v) is 6.63. The molecule has 0 aliphatic carbocycles. The van der Waals surface area contributed by atoms with Gasteiger partial charge < -0.3 is 16.2 Å². The molecule has 4 aromatic rings. The Hall–Kier alpha value is -4.70. The normalized spacial score (nSPS) is 11.0. The number of phenolic OH excluding ortho intramolecular Hbond substituents is 1. The van der Waals surface area contributed by atoms with E-state index in [4.69, 9.17) is 5.73 Å². The summed E-state index contributed by atoms with van der Waals surface area (Å²) in [6.45, 7) is 0. The minimum absolute atomic E-state index is 0.165. The quantitative estimate of drug-likeness (QED) is 0.218. The Kier molecular flexibility index (Phi) is 6.71. The van der Waals surface area contributed by atoms with Gasteiger partial charge in [0, 0.05) is 16.8 Å². The average molecular weight is 506 g/mol. The molecule has 0 radical (unpaired) electrons. The van der Waals surface area contributed by atoms with E-state index in [1.54, 1.807) is 42.5 Å². The van der Waals surface area contributed by atoms with E-state index in [-0.39, 0.29) is 22.0 Å². The molecule has 4 rings (SSSR count). The lowest BCUT2D eigenvalue weighted by Crippen LogP contribution is -2.14. The summed E-state index contributed by atoms with van der Waals surface area (Å²) >= 11 is 0. The molecule has 0 atom stereocenters. The first-order valence-corrected chi connectivity index (χ1v) is 12.0. The van der Waals surface area contributed by atoms with Crippen LogP contribution in [0.5, 0.6) is 5.75 Å². The highest BCUT2D eigenvalue weighted by Crippen LogP contribution is 2.29. The third-order valence-electron chi connectivity index (χ3n) is 5.25. The zero-order chi connectivity index (χ0) is 25.9. The zero-order valence-electron chi connectivity index (χ0n) is 18.6. The molecule has 0 fully saturated rings. The Balaban J connectivity index is 1.50. The minimum Gasteiger partial charge on any atom is -0.506 e. The lowest BCUT2D eigenvalue weighted by molar-refractivity contribution is 0.0997. The molecule has 0 bridgehead atoms. The topological polar surface area (TPSA) is 139 Å². The number of amides is 2. The second kappa shape index (κ2) is 9.88. The van der Waals surface area contributed by atoms with Crippen LogP contribution in [0.2, 0.25) is 0 Å².